The van der Waals surface area contributed by atoms with Crippen molar-refractivity contribution < 1.29 is 24.7 Å². The van der Waals surface area contributed by atoms with Crippen molar-refractivity contribution in [3.8, 4) is 16.9 Å². The fourth-order valence-electron chi connectivity index (χ4n) is 3.15. The number of hydrogen-bond acceptors (Lipinski definition) is 5. The van der Waals surface area contributed by atoms with Crippen LogP contribution in [-0.4, -0.2) is 36.9 Å². The molecule has 0 fully saturated rings. The second-order valence-electron chi connectivity index (χ2n) is 6.45. The first-order chi connectivity index (χ1) is 14.3. The van der Waals surface area contributed by atoms with E-state index in [1.807, 2.05) is 0 Å². The SMILES string of the molecule is O=C(O)c1ccc(-c2nn(-c3ccc(C(=O)O)cc3)c3ccc([N+](=O)[O-])cc23)cc1. The van der Waals surface area contributed by atoms with E-state index in [1.54, 1.807) is 35.0 Å². The van der Waals surface area contributed by atoms with Crippen molar-refractivity contribution in [2.24, 2.45) is 0 Å². The molecular weight excluding hydrogens is 390 g/mol. The summed E-state index contributed by atoms with van der Waals surface area (Å²) in [7, 11) is 0. The van der Waals surface area contributed by atoms with E-state index in [9.17, 15) is 19.7 Å². The number of rotatable bonds is 5. The highest BCUT2D eigenvalue weighted by Gasteiger charge is 2.18. The van der Waals surface area contributed by atoms with Gasteiger partial charge in [-0.3, -0.25) is 10.1 Å². The van der Waals surface area contributed by atoms with Gasteiger partial charge in [0.2, 0.25) is 0 Å². The van der Waals surface area contributed by atoms with Gasteiger partial charge in [-0.15, -0.1) is 0 Å². The number of benzene rings is 3. The van der Waals surface area contributed by atoms with Crippen LogP contribution in [0.2, 0.25) is 0 Å². The highest BCUT2D eigenvalue weighted by Crippen LogP contribution is 2.32. The molecule has 0 saturated heterocycles. The number of nitro groups is 1. The molecule has 0 bridgehead atoms. The van der Waals surface area contributed by atoms with Gasteiger partial charge in [0.25, 0.3) is 5.69 Å². The third-order valence-electron chi connectivity index (χ3n) is 4.64. The minimum absolute atomic E-state index is 0.105. The van der Waals surface area contributed by atoms with Gasteiger partial charge < -0.3 is 10.2 Å². The van der Waals surface area contributed by atoms with Gasteiger partial charge in [0, 0.05) is 23.1 Å². The molecule has 2 N–H and O–H groups in total. The third kappa shape index (κ3) is 3.24. The molecule has 30 heavy (non-hydrogen) atoms. The molecule has 0 atom stereocenters. The molecule has 0 unspecified atom stereocenters. The van der Waals surface area contributed by atoms with Crippen molar-refractivity contribution in [3.05, 3.63) is 88.0 Å². The van der Waals surface area contributed by atoms with Crippen LogP contribution < -0.4 is 0 Å². The molecule has 148 valence electrons. The standard InChI is InChI=1S/C21H13N3O6/c25-20(26)13-3-1-12(2-4-13)19-17-11-16(24(29)30)9-10-18(17)23(22-19)15-7-5-14(6-8-15)21(27)28/h1-11H,(H,25,26)(H,27,28). The maximum atomic E-state index is 11.2. The van der Waals surface area contributed by atoms with E-state index >= 15 is 0 Å². The molecule has 4 aromatic rings. The van der Waals surface area contributed by atoms with Gasteiger partial charge in [-0.05, 0) is 42.5 Å². The summed E-state index contributed by atoms with van der Waals surface area (Å²) < 4.78 is 1.56. The second kappa shape index (κ2) is 7.13. The van der Waals surface area contributed by atoms with Gasteiger partial charge in [0.05, 0.1) is 27.3 Å². The number of carbonyl (C=O) groups is 2. The number of hydrogen-bond donors (Lipinski definition) is 2. The minimum Gasteiger partial charge on any atom is -0.478 e. The Labute approximate surface area is 168 Å². The Morgan fingerprint density at radius 1 is 0.867 bits per heavy atom. The average Bonchev–Trinajstić information content (AvgIpc) is 3.12. The van der Waals surface area contributed by atoms with Crippen LogP contribution in [-0.2, 0) is 0 Å². The van der Waals surface area contributed by atoms with Crippen molar-refractivity contribution >= 4 is 28.5 Å². The lowest BCUT2D eigenvalue weighted by Gasteiger charge is -2.04. The summed E-state index contributed by atoms with van der Waals surface area (Å²) >= 11 is 0. The summed E-state index contributed by atoms with van der Waals surface area (Å²) in [5.74, 6) is -2.12. The summed E-state index contributed by atoms with van der Waals surface area (Å²) in [6.45, 7) is 0. The van der Waals surface area contributed by atoms with Crippen molar-refractivity contribution in [1.82, 2.24) is 9.78 Å². The third-order valence-corrected chi connectivity index (χ3v) is 4.64. The number of aromatic carboxylic acids is 2. The van der Waals surface area contributed by atoms with Gasteiger partial charge >= 0.3 is 11.9 Å². The van der Waals surface area contributed by atoms with Crippen LogP contribution in [0, 0.1) is 10.1 Å². The monoisotopic (exact) mass is 403 g/mol. The van der Waals surface area contributed by atoms with Gasteiger partial charge in [-0.25, -0.2) is 14.3 Å². The van der Waals surface area contributed by atoms with E-state index in [1.165, 1.54) is 36.4 Å². The molecular formula is C21H13N3O6. The van der Waals surface area contributed by atoms with Crippen LogP contribution >= 0.6 is 0 Å². The van der Waals surface area contributed by atoms with Crippen LogP contribution in [0.4, 0.5) is 5.69 Å². The van der Waals surface area contributed by atoms with Gasteiger partial charge in [-0.1, -0.05) is 12.1 Å². The topological polar surface area (TPSA) is 136 Å². The maximum Gasteiger partial charge on any atom is 0.335 e. The lowest BCUT2D eigenvalue weighted by molar-refractivity contribution is -0.384. The van der Waals surface area contributed by atoms with Gasteiger partial charge in [-0.2, -0.15) is 5.10 Å². The summed E-state index contributed by atoms with van der Waals surface area (Å²) in [5.41, 5.74) is 2.31. The van der Waals surface area contributed by atoms with E-state index in [0.717, 1.165) is 0 Å². The Balaban J connectivity index is 1.92. The smallest absolute Gasteiger partial charge is 0.335 e. The van der Waals surface area contributed by atoms with Crippen LogP contribution in [0.5, 0.6) is 0 Å². The molecule has 1 heterocycles. The molecule has 3 aromatic carbocycles. The van der Waals surface area contributed by atoms with E-state index in [0.29, 0.717) is 27.8 Å². The highest BCUT2D eigenvalue weighted by atomic mass is 16.6. The lowest BCUT2D eigenvalue weighted by Crippen LogP contribution is -2.00. The largest absolute Gasteiger partial charge is 0.478 e. The fourth-order valence-corrected chi connectivity index (χ4v) is 3.15. The number of nitro benzene ring substituents is 1. The number of fused-ring (bicyclic) bond motifs is 1. The van der Waals surface area contributed by atoms with E-state index < -0.39 is 16.9 Å². The predicted molar refractivity (Wildman–Crippen MR) is 107 cm³/mol. The zero-order chi connectivity index (χ0) is 21.4. The van der Waals surface area contributed by atoms with Crippen molar-refractivity contribution in [1.29, 1.82) is 0 Å². The van der Waals surface area contributed by atoms with Crippen LogP contribution in [0.1, 0.15) is 20.7 Å². The first kappa shape index (κ1) is 18.8. The summed E-state index contributed by atoms with van der Waals surface area (Å²) in [4.78, 5) is 33.0. The Kier molecular flexibility index (Phi) is 4.47. The number of non-ortho nitro benzene ring substituents is 1. The number of nitrogens with zero attached hydrogens (tertiary/aromatic N) is 3. The Hall–Kier alpha value is -4.53. The van der Waals surface area contributed by atoms with Crippen LogP contribution in [0.15, 0.2) is 66.7 Å². The van der Waals surface area contributed by atoms with Crippen LogP contribution in [0.25, 0.3) is 27.8 Å². The first-order valence-electron chi connectivity index (χ1n) is 8.70. The molecule has 9 nitrogen and oxygen atoms in total. The predicted octanol–water partition coefficient (Wildman–Crippen LogP) is 4.00. The molecule has 0 aliphatic heterocycles. The highest BCUT2D eigenvalue weighted by molar-refractivity contribution is 5.96. The molecule has 0 spiro atoms. The molecule has 1 aromatic heterocycles. The molecule has 0 aliphatic carbocycles. The second-order valence-corrected chi connectivity index (χ2v) is 6.45. The van der Waals surface area contributed by atoms with Crippen molar-refractivity contribution in [3.63, 3.8) is 0 Å². The Morgan fingerprint density at radius 2 is 1.43 bits per heavy atom. The molecule has 0 radical (unpaired) electrons. The van der Waals surface area contributed by atoms with Gasteiger partial charge in [0.15, 0.2) is 0 Å². The normalized spacial score (nSPS) is 10.8. The van der Waals surface area contributed by atoms with E-state index in [-0.39, 0.29) is 16.8 Å². The van der Waals surface area contributed by atoms with Crippen molar-refractivity contribution in [2.45, 2.75) is 0 Å². The Morgan fingerprint density at radius 3 is 1.97 bits per heavy atom. The number of aromatic nitrogens is 2. The molecule has 4 rings (SSSR count). The van der Waals surface area contributed by atoms with E-state index in [4.69, 9.17) is 10.2 Å². The first-order valence-corrected chi connectivity index (χ1v) is 8.70. The maximum absolute atomic E-state index is 11.2. The zero-order valence-electron chi connectivity index (χ0n) is 15.2. The average molecular weight is 403 g/mol. The minimum atomic E-state index is -1.06. The Bertz CT molecular complexity index is 1310. The molecule has 0 saturated carbocycles. The van der Waals surface area contributed by atoms with E-state index in [2.05, 4.69) is 5.10 Å². The zero-order valence-corrected chi connectivity index (χ0v) is 15.2. The fraction of sp³-hybridized carbons (Fsp3) is 0. The summed E-state index contributed by atoms with van der Waals surface area (Å²) in [6.07, 6.45) is 0. The molecule has 9 heteroatoms. The van der Waals surface area contributed by atoms with Crippen molar-refractivity contribution in [2.75, 3.05) is 0 Å². The molecule has 0 amide bonds. The summed E-state index contributed by atoms with van der Waals surface area (Å²) in [5, 5.41) is 34.5. The number of carboxylic acid groups (broad SMARTS) is 2. The quantitative estimate of drug-likeness (QED) is 0.380. The molecule has 0 aliphatic rings. The van der Waals surface area contributed by atoms with Gasteiger partial charge in [0.1, 0.15) is 5.69 Å². The number of carboxylic acids is 2. The lowest BCUT2D eigenvalue weighted by atomic mass is 10.1. The summed E-state index contributed by atoms with van der Waals surface area (Å²) in [6, 6.07) is 16.4. The van der Waals surface area contributed by atoms with Crippen LogP contribution in [0.3, 0.4) is 0 Å².